The summed E-state index contributed by atoms with van der Waals surface area (Å²) in [5.41, 5.74) is 5.06. The summed E-state index contributed by atoms with van der Waals surface area (Å²) < 4.78 is 18.2. The van der Waals surface area contributed by atoms with Crippen molar-refractivity contribution in [3.05, 3.63) is 29.0 Å². The molecule has 0 amide bonds. The third-order valence-electron chi connectivity index (χ3n) is 2.68. The smallest absolute Gasteiger partial charge is 0.144 e. The van der Waals surface area contributed by atoms with Crippen LogP contribution in [0, 0.1) is 11.2 Å². The molecular formula is C12H16ClFN2O2. The number of nitrogens with zero attached hydrogens (tertiary/aromatic N) is 1. The fraction of sp³-hybridized carbons (Fsp3) is 0.417. The van der Waals surface area contributed by atoms with Crippen LogP contribution in [0.25, 0.3) is 0 Å². The zero-order valence-electron chi connectivity index (χ0n) is 10.3. The lowest BCUT2D eigenvalue weighted by atomic mass is 9.88. The maximum Gasteiger partial charge on any atom is 0.144 e. The van der Waals surface area contributed by atoms with Crippen LogP contribution in [0.5, 0.6) is 5.75 Å². The van der Waals surface area contributed by atoms with Crippen molar-refractivity contribution in [3.63, 3.8) is 0 Å². The largest absolute Gasteiger partial charge is 0.492 e. The molecule has 18 heavy (non-hydrogen) atoms. The van der Waals surface area contributed by atoms with E-state index in [1.807, 2.05) is 13.8 Å². The number of nitrogens with two attached hydrogens (primary N) is 1. The second-order valence-electron chi connectivity index (χ2n) is 4.54. The number of ether oxygens (including phenoxy) is 1. The first-order chi connectivity index (χ1) is 8.36. The first kappa shape index (κ1) is 14.6. The van der Waals surface area contributed by atoms with Crippen LogP contribution in [-0.2, 0) is 0 Å². The maximum atomic E-state index is 12.8. The Bertz CT molecular complexity index is 450. The minimum atomic E-state index is -0.485. The molecule has 0 atom stereocenters. The van der Waals surface area contributed by atoms with Crippen LogP contribution in [0.3, 0.4) is 0 Å². The molecule has 0 saturated heterocycles. The summed E-state index contributed by atoms with van der Waals surface area (Å²) in [6.07, 6.45) is 0.538. The fourth-order valence-electron chi connectivity index (χ4n) is 1.27. The average Bonchev–Trinajstić information content (AvgIpc) is 2.30. The molecule has 6 heteroatoms. The molecule has 1 aromatic rings. The number of hydrogen-bond acceptors (Lipinski definition) is 3. The van der Waals surface area contributed by atoms with Crippen LogP contribution in [0.4, 0.5) is 4.39 Å². The molecule has 0 fully saturated rings. The van der Waals surface area contributed by atoms with Gasteiger partial charge in [0.15, 0.2) is 0 Å². The highest BCUT2D eigenvalue weighted by molar-refractivity contribution is 6.32. The predicted octanol–water partition coefficient (Wildman–Crippen LogP) is 3.02. The van der Waals surface area contributed by atoms with Gasteiger partial charge < -0.3 is 15.7 Å². The van der Waals surface area contributed by atoms with Gasteiger partial charge in [0.25, 0.3) is 0 Å². The van der Waals surface area contributed by atoms with E-state index in [1.165, 1.54) is 18.2 Å². The van der Waals surface area contributed by atoms with Gasteiger partial charge in [-0.3, -0.25) is 0 Å². The molecule has 0 aromatic heterocycles. The summed E-state index contributed by atoms with van der Waals surface area (Å²) in [6.45, 7) is 3.99. The lowest BCUT2D eigenvalue weighted by molar-refractivity contribution is 0.259. The molecule has 100 valence electrons. The molecule has 0 saturated carbocycles. The van der Waals surface area contributed by atoms with Gasteiger partial charge in [-0.15, -0.1) is 0 Å². The molecule has 1 rings (SSSR count). The Morgan fingerprint density at radius 3 is 2.78 bits per heavy atom. The molecule has 3 N–H and O–H groups in total. The van der Waals surface area contributed by atoms with Crippen LogP contribution in [0.15, 0.2) is 23.4 Å². The molecule has 1 aromatic carbocycles. The van der Waals surface area contributed by atoms with E-state index in [0.717, 1.165) is 0 Å². The molecule has 0 heterocycles. The van der Waals surface area contributed by atoms with Gasteiger partial charge >= 0.3 is 0 Å². The van der Waals surface area contributed by atoms with Crippen molar-refractivity contribution >= 4 is 17.4 Å². The van der Waals surface area contributed by atoms with Gasteiger partial charge in [-0.1, -0.05) is 30.6 Å². The lowest BCUT2D eigenvalue weighted by Crippen LogP contribution is -2.33. The summed E-state index contributed by atoms with van der Waals surface area (Å²) in [6, 6.07) is 3.93. The van der Waals surface area contributed by atoms with Gasteiger partial charge in [-0.25, -0.2) is 4.39 Å². The second kappa shape index (κ2) is 5.91. The van der Waals surface area contributed by atoms with E-state index >= 15 is 0 Å². The Morgan fingerprint density at radius 2 is 2.22 bits per heavy atom. The molecule has 0 unspecified atom stereocenters. The van der Waals surface area contributed by atoms with Gasteiger partial charge in [0.2, 0.25) is 0 Å². The standard InChI is InChI=1S/C12H16ClFN2O2/c1-12(2,11(15)16-17)5-6-18-10-4-3-8(14)7-9(10)13/h3-4,7,17H,5-6H2,1-2H3,(H2,15,16). The van der Waals surface area contributed by atoms with Gasteiger partial charge in [-0.05, 0) is 24.6 Å². The van der Waals surface area contributed by atoms with Crippen LogP contribution < -0.4 is 10.5 Å². The molecule has 0 aliphatic rings. The molecule has 4 nitrogen and oxygen atoms in total. The highest BCUT2D eigenvalue weighted by Gasteiger charge is 2.23. The van der Waals surface area contributed by atoms with Crippen LogP contribution in [0.2, 0.25) is 5.02 Å². The van der Waals surface area contributed by atoms with E-state index in [-0.39, 0.29) is 10.9 Å². The number of amidine groups is 1. The van der Waals surface area contributed by atoms with E-state index in [9.17, 15) is 4.39 Å². The summed E-state index contributed by atoms with van der Waals surface area (Å²) >= 11 is 5.82. The monoisotopic (exact) mass is 274 g/mol. The van der Waals surface area contributed by atoms with Gasteiger partial charge in [0.1, 0.15) is 17.4 Å². The SMILES string of the molecule is CC(C)(CCOc1ccc(F)cc1Cl)C(N)=NO. The Morgan fingerprint density at radius 1 is 1.56 bits per heavy atom. The molecule has 0 radical (unpaired) electrons. The van der Waals surface area contributed by atoms with Gasteiger partial charge in [-0.2, -0.15) is 0 Å². The predicted molar refractivity (Wildman–Crippen MR) is 68.7 cm³/mol. The second-order valence-corrected chi connectivity index (χ2v) is 4.95. The Kier molecular flexibility index (Phi) is 4.78. The number of hydrogen-bond donors (Lipinski definition) is 2. The Balaban J connectivity index is 2.57. The number of rotatable bonds is 5. The normalized spacial score (nSPS) is 12.6. The number of oxime groups is 1. The van der Waals surface area contributed by atoms with Gasteiger partial charge in [0, 0.05) is 5.41 Å². The van der Waals surface area contributed by atoms with E-state index in [1.54, 1.807) is 0 Å². The maximum absolute atomic E-state index is 12.8. The summed E-state index contributed by atoms with van der Waals surface area (Å²) in [7, 11) is 0. The number of halogens is 2. The highest BCUT2D eigenvalue weighted by Crippen LogP contribution is 2.26. The zero-order chi connectivity index (χ0) is 13.8. The summed E-state index contributed by atoms with van der Waals surface area (Å²) in [5, 5.41) is 11.8. The Labute approximate surface area is 110 Å². The zero-order valence-corrected chi connectivity index (χ0v) is 11.0. The van der Waals surface area contributed by atoms with Crippen LogP contribution >= 0.6 is 11.6 Å². The molecule has 0 spiro atoms. The van der Waals surface area contributed by atoms with Crippen molar-refractivity contribution < 1.29 is 14.3 Å². The first-order valence-electron chi connectivity index (χ1n) is 5.42. The minimum absolute atomic E-state index is 0.135. The topological polar surface area (TPSA) is 67.8 Å². The van der Waals surface area contributed by atoms with Crippen LogP contribution in [-0.4, -0.2) is 17.6 Å². The fourth-order valence-corrected chi connectivity index (χ4v) is 1.49. The minimum Gasteiger partial charge on any atom is -0.492 e. The van der Waals surface area contributed by atoms with Gasteiger partial charge in [0.05, 0.1) is 11.6 Å². The lowest BCUT2D eigenvalue weighted by Gasteiger charge is -2.22. The first-order valence-corrected chi connectivity index (χ1v) is 5.80. The van der Waals surface area contributed by atoms with Crippen molar-refractivity contribution in [2.45, 2.75) is 20.3 Å². The molecule has 0 aliphatic carbocycles. The molecule has 0 aliphatic heterocycles. The summed E-state index contributed by atoms with van der Waals surface area (Å²) in [4.78, 5) is 0. The van der Waals surface area contributed by atoms with E-state index in [4.69, 9.17) is 27.3 Å². The third kappa shape index (κ3) is 3.77. The number of benzene rings is 1. The summed E-state index contributed by atoms with van der Waals surface area (Å²) in [5.74, 6) is 0.133. The van der Waals surface area contributed by atoms with Crippen molar-refractivity contribution in [1.82, 2.24) is 0 Å². The average molecular weight is 275 g/mol. The van der Waals surface area contributed by atoms with Crippen LogP contribution in [0.1, 0.15) is 20.3 Å². The van der Waals surface area contributed by atoms with Crippen molar-refractivity contribution in [3.8, 4) is 5.75 Å². The van der Waals surface area contributed by atoms with Crippen molar-refractivity contribution in [2.75, 3.05) is 6.61 Å². The van der Waals surface area contributed by atoms with E-state index in [2.05, 4.69) is 5.16 Å². The third-order valence-corrected chi connectivity index (χ3v) is 2.98. The molecular weight excluding hydrogens is 259 g/mol. The Hall–Kier alpha value is -1.49. The van der Waals surface area contributed by atoms with Crippen molar-refractivity contribution in [2.24, 2.45) is 16.3 Å². The van der Waals surface area contributed by atoms with E-state index in [0.29, 0.717) is 18.8 Å². The van der Waals surface area contributed by atoms with Crippen molar-refractivity contribution in [1.29, 1.82) is 0 Å². The molecule has 0 bridgehead atoms. The quantitative estimate of drug-likeness (QED) is 0.375. The van der Waals surface area contributed by atoms with E-state index < -0.39 is 11.2 Å². The highest BCUT2D eigenvalue weighted by atomic mass is 35.5.